The lowest BCUT2D eigenvalue weighted by molar-refractivity contribution is -0.122. The van der Waals surface area contributed by atoms with E-state index in [4.69, 9.17) is 0 Å². The molecule has 3 rings (SSSR count). The Morgan fingerprint density at radius 1 is 1.04 bits per heavy atom. The SMILES string of the molecule is O=C(NCC#Cc1ccccc1)C1CC(c2ccccc2)NN1. The fraction of sp³-hybridized carbons (Fsp3) is 0.211. The highest BCUT2D eigenvalue weighted by atomic mass is 16.2. The Balaban J connectivity index is 1.47. The van der Waals surface area contributed by atoms with Crippen LogP contribution < -0.4 is 16.2 Å². The molecule has 1 aliphatic rings. The maximum absolute atomic E-state index is 12.2. The zero-order valence-corrected chi connectivity index (χ0v) is 12.8. The molecule has 3 N–H and O–H groups in total. The van der Waals surface area contributed by atoms with Crippen LogP contribution in [-0.4, -0.2) is 18.5 Å². The van der Waals surface area contributed by atoms with Gasteiger partial charge >= 0.3 is 0 Å². The Bertz CT molecular complexity index is 704. The first-order chi connectivity index (χ1) is 11.3. The smallest absolute Gasteiger partial charge is 0.239 e. The predicted molar refractivity (Wildman–Crippen MR) is 90.2 cm³/mol. The summed E-state index contributed by atoms with van der Waals surface area (Å²) in [4.78, 5) is 12.2. The van der Waals surface area contributed by atoms with Crippen LogP contribution in [0.5, 0.6) is 0 Å². The van der Waals surface area contributed by atoms with Crippen molar-refractivity contribution < 1.29 is 4.79 Å². The molecule has 2 aromatic rings. The van der Waals surface area contributed by atoms with Crippen molar-refractivity contribution in [3.05, 3.63) is 71.8 Å². The second kappa shape index (κ2) is 7.59. The summed E-state index contributed by atoms with van der Waals surface area (Å²) in [7, 11) is 0. The van der Waals surface area contributed by atoms with E-state index in [1.165, 1.54) is 5.56 Å². The third-order valence-corrected chi connectivity index (χ3v) is 3.78. The van der Waals surface area contributed by atoms with E-state index < -0.39 is 0 Å². The molecular formula is C19H19N3O. The molecule has 0 bridgehead atoms. The summed E-state index contributed by atoms with van der Waals surface area (Å²) < 4.78 is 0. The quantitative estimate of drug-likeness (QED) is 0.758. The van der Waals surface area contributed by atoms with Crippen LogP contribution in [0.3, 0.4) is 0 Å². The second-order valence-corrected chi connectivity index (χ2v) is 5.43. The Kier molecular flexibility index (Phi) is 5.05. The maximum atomic E-state index is 12.2. The fourth-order valence-electron chi connectivity index (χ4n) is 2.55. The number of carbonyl (C=O) groups is 1. The van der Waals surface area contributed by atoms with Crippen LogP contribution in [0.15, 0.2) is 60.7 Å². The number of hydrazine groups is 1. The molecule has 1 saturated heterocycles. The Morgan fingerprint density at radius 3 is 2.48 bits per heavy atom. The van der Waals surface area contributed by atoms with E-state index in [9.17, 15) is 4.79 Å². The number of benzene rings is 2. The predicted octanol–water partition coefficient (Wildman–Crippen LogP) is 1.76. The van der Waals surface area contributed by atoms with Crippen molar-refractivity contribution in [1.29, 1.82) is 0 Å². The zero-order valence-electron chi connectivity index (χ0n) is 12.8. The van der Waals surface area contributed by atoms with Crippen molar-refractivity contribution in [2.24, 2.45) is 0 Å². The molecule has 0 radical (unpaired) electrons. The number of rotatable bonds is 3. The van der Waals surface area contributed by atoms with Crippen LogP contribution in [-0.2, 0) is 4.79 Å². The van der Waals surface area contributed by atoms with Crippen molar-refractivity contribution >= 4 is 5.91 Å². The van der Waals surface area contributed by atoms with Gasteiger partial charge in [-0.2, -0.15) is 0 Å². The van der Waals surface area contributed by atoms with Crippen molar-refractivity contribution in [3.8, 4) is 11.8 Å². The van der Waals surface area contributed by atoms with Gasteiger partial charge < -0.3 is 5.32 Å². The first kappa shape index (κ1) is 15.3. The lowest BCUT2D eigenvalue weighted by Crippen LogP contribution is -2.43. The van der Waals surface area contributed by atoms with E-state index in [0.717, 1.165) is 12.0 Å². The minimum atomic E-state index is -0.237. The molecule has 1 amide bonds. The van der Waals surface area contributed by atoms with Gasteiger partial charge in [-0.1, -0.05) is 60.4 Å². The van der Waals surface area contributed by atoms with Gasteiger partial charge in [0.05, 0.1) is 6.54 Å². The average molecular weight is 305 g/mol. The van der Waals surface area contributed by atoms with Crippen molar-refractivity contribution in [2.75, 3.05) is 6.54 Å². The first-order valence-corrected chi connectivity index (χ1v) is 7.70. The summed E-state index contributed by atoms with van der Waals surface area (Å²) in [5, 5.41) is 2.85. The number of amides is 1. The van der Waals surface area contributed by atoms with Crippen LogP contribution >= 0.6 is 0 Å². The minimum Gasteiger partial charge on any atom is -0.344 e. The normalized spacial score (nSPS) is 19.7. The molecule has 116 valence electrons. The highest BCUT2D eigenvalue weighted by molar-refractivity contribution is 5.82. The maximum Gasteiger partial charge on any atom is 0.239 e. The van der Waals surface area contributed by atoms with E-state index in [-0.39, 0.29) is 18.0 Å². The van der Waals surface area contributed by atoms with Gasteiger partial charge in [-0.05, 0) is 24.1 Å². The molecule has 0 aromatic heterocycles. The molecule has 1 fully saturated rings. The number of carbonyl (C=O) groups excluding carboxylic acids is 1. The third kappa shape index (κ3) is 4.19. The van der Waals surface area contributed by atoms with Gasteiger partial charge in [0.15, 0.2) is 0 Å². The number of nitrogens with one attached hydrogen (secondary N) is 3. The largest absolute Gasteiger partial charge is 0.344 e. The minimum absolute atomic E-state index is 0.0294. The monoisotopic (exact) mass is 305 g/mol. The van der Waals surface area contributed by atoms with Crippen LogP contribution in [0.25, 0.3) is 0 Å². The molecule has 0 aliphatic carbocycles. The first-order valence-electron chi connectivity index (χ1n) is 7.70. The molecule has 2 aromatic carbocycles. The van der Waals surface area contributed by atoms with Gasteiger partial charge in [0.2, 0.25) is 5.91 Å². The molecule has 2 atom stereocenters. The van der Waals surface area contributed by atoms with Crippen LogP contribution in [0.4, 0.5) is 0 Å². The van der Waals surface area contributed by atoms with Crippen LogP contribution in [0.2, 0.25) is 0 Å². The van der Waals surface area contributed by atoms with Gasteiger partial charge in [0.25, 0.3) is 0 Å². The van der Waals surface area contributed by atoms with Crippen LogP contribution in [0.1, 0.15) is 23.6 Å². The number of hydrogen-bond donors (Lipinski definition) is 3. The van der Waals surface area contributed by atoms with E-state index >= 15 is 0 Å². The number of hydrogen-bond acceptors (Lipinski definition) is 3. The molecule has 2 unspecified atom stereocenters. The van der Waals surface area contributed by atoms with Crippen molar-refractivity contribution in [1.82, 2.24) is 16.2 Å². The van der Waals surface area contributed by atoms with E-state index in [2.05, 4.69) is 40.1 Å². The molecule has 1 heterocycles. The van der Waals surface area contributed by atoms with Gasteiger partial charge in [0.1, 0.15) is 6.04 Å². The highest BCUT2D eigenvalue weighted by Crippen LogP contribution is 2.21. The zero-order chi connectivity index (χ0) is 15.9. The summed E-state index contributed by atoms with van der Waals surface area (Å²) in [6.45, 7) is 0.349. The fourth-order valence-corrected chi connectivity index (χ4v) is 2.55. The molecule has 4 heteroatoms. The molecule has 23 heavy (non-hydrogen) atoms. The standard InChI is InChI=1S/C19H19N3O/c23-19(20-13-7-10-15-8-3-1-4-9-15)18-14-17(21-22-18)16-11-5-2-6-12-16/h1-6,8-9,11-12,17-18,21-22H,13-14H2,(H,20,23). The molecule has 4 nitrogen and oxygen atoms in total. The van der Waals surface area contributed by atoms with Crippen molar-refractivity contribution in [2.45, 2.75) is 18.5 Å². The molecule has 0 saturated carbocycles. The van der Waals surface area contributed by atoms with E-state index in [1.807, 2.05) is 48.5 Å². The summed E-state index contributed by atoms with van der Waals surface area (Å²) in [5.74, 6) is 5.96. The Hall–Kier alpha value is -2.61. The lowest BCUT2D eigenvalue weighted by Gasteiger charge is -2.09. The summed E-state index contributed by atoms with van der Waals surface area (Å²) in [6.07, 6.45) is 0.724. The third-order valence-electron chi connectivity index (χ3n) is 3.78. The highest BCUT2D eigenvalue weighted by Gasteiger charge is 2.29. The van der Waals surface area contributed by atoms with E-state index in [1.54, 1.807) is 0 Å². The van der Waals surface area contributed by atoms with Crippen LogP contribution in [0, 0.1) is 11.8 Å². The molecule has 0 spiro atoms. The summed E-state index contributed by atoms with van der Waals surface area (Å²) in [6, 6.07) is 19.8. The topological polar surface area (TPSA) is 53.2 Å². The van der Waals surface area contributed by atoms with Crippen molar-refractivity contribution in [3.63, 3.8) is 0 Å². The molecule has 1 aliphatic heterocycles. The summed E-state index contributed by atoms with van der Waals surface area (Å²) in [5.41, 5.74) is 8.36. The van der Waals surface area contributed by atoms with Gasteiger partial charge in [0, 0.05) is 11.6 Å². The summed E-state index contributed by atoms with van der Waals surface area (Å²) >= 11 is 0. The van der Waals surface area contributed by atoms with Gasteiger partial charge in [-0.15, -0.1) is 0 Å². The molecular weight excluding hydrogens is 286 g/mol. The Morgan fingerprint density at radius 2 is 1.74 bits per heavy atom. The second-order valence-electron chi connectivity index (χ2n) is 5.43. The lowest BCUT2D eigenvalue weighted by atomic mass is 10.0. The van der Waals surface area contributed by atoms with Gasteiger partial charge in [-0.3, -0.25) is 4.79 Å². The average Bonchev–Trinajstić information content (AvgIpc) is 3.10. The van der Waals surface area contributed by atoms with E-state index in [0.29, 0.717) is 6.54 Å². The Labute approximate surface area is 136 Å². The van der Waals surface area contributed by atoms with Gasteiger partial charge in [-0.25, -0.2) is 10.9 Å².